The number of carbonyl (C=O) groups excluding carboxylic acids is 2. The standard InChI is InChI=1S/C20H23ClN2O3/c1-13(15-4-8-17(21)9-5-15)22-20(25)12-19(23-14(2)24)16-6-10-18(26-3)11-7-16/h4-11,13,19H,12H2,1-3H3,(H,22,25)(H,23,24). The largest absolute Gasteiger partial charge is 0.497 e. The van der Waals surface area contributed by atoms with E-state index in [0.717, 1.165) is 16.9 Å². The zero-order chi connectivity index (χ0) is 19.1. The quantitative estimate of drug-likeness (QED) is 0.774. The highest BCUT2D eigenvalue weighted by atomic mass is 35.5. The molecule has 2 unspecified atom stereocenters. The fraction of sp³-hybridized carbons (Fsp3) is 0.300. The molecule has 0 fully saturated rings. The summed E-state index contributed by atoms with van der Waals surface area (Å²) < 4.78 is 5.15. The summed E-state index contributed by atoms with van der Waals surface area (Å²) in [6.45, 7) is 3.34. The Hall–Kier alpha value is -2.53. The molecule has 26 heavy (non-hydrogen) atoms. The maximum Gasteiger partial charge on any atom is 0.222 e. The van der Waals surface area contributed by atoms with Crippen LogP contribution in [0.3, 0.4) is 0 Å². The van der Waals surface area contributed by atoms with Gasteiger partial charge in [-0.3, -0.25) is 9.59 Å². The minimum atomic E-state index is -0.407. The molecule has 0 aliphatic rings. The van der Waals surface area contributed by atoms with Gasteiger partial charge in [-0.25, -0.2) is 0 Å². The molecule has 0 aliphatic heterocycles. The molecule has 6 heteroatoms. The first kappa shape index (κ1) is 19.8. The van der Waals surface area contributed by atoms with Gasteiger partial charge in [0, 0.05) is 11.9 Å². The first-order valence-electron chi connectivity index (χ1n) is 8.35. The number of amides is 2. The molecular formula is C20H23ClN2O3. The van der Waals surface area contributed by atoms with Crippen LogP contribution in [0.5, 0.6) is 5.75 Å². The van der Waals surface area contributed by atoms with Gasteiger partial charge in [0.1, 0.15) is 5.75 Å². The number of methoxy groups -OCH3 is 1. The van der Waals surface area contributed by atoms with Gasteiger partial charge in [0.05, 0.1) is 25.6 Å². The molecule has 0 aliphatic carbocycles. The van der Waals surface area contributed by atoms with Crippen molar-refractivity contribution in [3.63, 3.8) is 0 Å². The molecule has 2 aromatic rings. The second-order valence-corrected chi connectivity index (χ2v) is 6.51. The van der Waals surface area contributed by atoms with Crippen molar-refractivity contribution in [3.05, 3.63) is 64.7 Å². The van der Waals surface area contributed by atoms with Crippen LogP contribution in [0.1, 0.15) is 43.5 Å². The topological polar surface area (TPSA) is 67.4 Å². The lowest BCUT2D eigenvalue weighted by Crippen LogP contribution is -2.33. The number of halogens is 1. The lowest BCUT2D eigenvalue weighted by Gasteiger charge is -2.20. The van der Waals surface area contributed by atoms with Crippen LogP contribution in [0.25, 0.3) is 0 Å². The number of hydrogen-bond acceptors (Lipinski definition) is 3. The Bertz CT molecular complexity index is 745. The van der Waals surface area contributed by atoms with Gasteiger partial charge in [-0.2, -0.15) is 0 Å². The average molecular weight is 375 g/mol. The molecule has 0 aromatic heterocycles. The van der Waals surface area contributed by atoms with E-state index in [9.17, 15) is 9.59 Å². The zero-order valence-electron chi connectivity index (χ0n) is 15.1. The molecule has 2 aromatic carbocycles. The second-order valence-electron chi connectivity index (χ2n) is 6.07. The van der Waals surface area contributed by atoms with Crippen molar-refractivity contribution in [1.82, 2.24) is 10.6 Å². The third kappa shape index (κ3) is 5.77. The Balaban J connectivity index is 2.05. The highest BCUT2D eigenvalue weighted by Gasteiger charge is 2.19. The fourth-order valence-corrected chi connectivity index (χ4v) is 2.78. The number of ether oxygens (including phenoxy) is 1. The summed E-state index contributed by atoms with van der Waals surface area (Å²) >= 11 is 5.89. The number of nitrogens with one attached hydrogen (secondary N) is 2. The van der Waals surface area contributed by atoms with Crippen LogP contribution in [0.2, 0.25) is 5.02 Å². The third-order valence-electron chi connectivity index (χ3n) is 4.03. The van der Waals surface area contributed by atoms with Gasteiger partial charge in [-0.05, 0) is 42.3 Å². The van der Waals surface area contributed by atoms with Crippen molar-refractivity contribution in [2.75, 3.05) is 7.11 Å². The summed E-state index contributed by atoms with van der Waals surface area (Å²) in [6.07, 6.45) is 0.143. The van der Waals surface area contributed by atoms with E-state index in [1.165, 1.54) is 6.92 Å². The predicted octanol–water partition coefficient (Wildman–Crippen LogP) is 3.79. The zero-order valence-corrected chi connectivity index (χ0v) is 15.8. The molecule has 0 saturated carbocycles. The Morgan fingerprint density at radius 1 is 1.00 bits per heavy atom. The summed E-state index contributed by atoms with van der Waals surface area (Å²) in [5, 5.41) is 6.43. The minimum absolute atomic E-state index is 0.143. The molecule has 5 nitrogen and oxygen atoms in total. The van der Waals surface area contributed by atoms with Crippen LogP contribution >= 0.6 is 11.6 Å². The SMILES string of the molecule is COc1ccc(C(CC(=O)NC(C)c2ccc(Cl)cc2)NC(C)=O)cc1. The van der Waals surface area contributed by atoms with Crippen LogP contribution in [0.15, 0.2) is 48.5 Å². The Kier molecular flexibility index (Phi) is 7.04. The van der Waals surface area contributed by atoms with Crippen molar-refractivity contribution in [3.8, 4) is 5.75 Å². The first-order valence-corrected chi connectivity index (χ1v) is 8.72. The summed E-state index contributed by atoms with van der Waals surface area (Å²) in [5.74, 6) is 0.377. The van der Waals surface area contributed by atoms with Gasteiger partial charge in [-0.1, -0.05) is 35.9 Å². The monoisotopic (exact) mass is 374 g/mol. The second kappa shape index (κ2) is 9.25. The van der Waals surface area contributed by atoms with E-state index in [-0.39, 0.29) is 24.3 Å². The molecule has 138 valence electrons. The average Bonchev–Trinajstić information content (AvgIpc) is 2.61. The van der Waals surface area contributed by atoms with Crippen LogP contribution in [-0.4, -0.2) is 18.9 Å². The molecule has 2 N–H and O–H groups in total. The predicted molar refractivity (Wildman–Crippen MR) is 102 cm³/mol. The van der Waals surface area contributed by atoms with Crippen LogP contribution in [0.4, 0.5) is 0 Å². The lowest BCUT2D eigenvalue weighted by molar-refractivity contribution is -0.123. The molecule has 2 rings (SSSR count). The lowest BCUT2D eigenvalue weighted by atomic mass is 10.0. The summed E-state index contributed by atoms with van der Waals surface area (Å²) in [5.41, 5.74) is 1.80. The van der Waals surface area contributed by atoms with E-state index in [2.05, 4.69) is 10.6 Å². The summed E-state index contributed by atoms with van der Waals surface area (Å²) in [7, 11) is 1.59. The third-order valence-corrected chi connectivity index (χ3v) is 4.28. The summed E-state index contributed by atoms with van der Waals surface area (Å²) in [4.78, 5) is 24.0. The Morgan fingerprint density at radius 3 is 2.12 bits per heavy atom. The van der Waals surface area contributed by atoms with E-state index in [0.29, 0.717) is 5.02 Å². The van der Waals surface area contributed by atoms with E-state index >= 15 is 0 Å². The van der Waals surface area contributed by atoms with Crippen molar-refractivity contribution >= 4 is 23.4 Å². The molecule has 0 saturated heterocycles. The van der Waals surface area contributed by atoms with E-state index < -0.39 is 6.04 Å². The highest BCUT2D eigenvalue weighted by molar-refractivity contribution is 6.30. The van der Waals surface area contributed by atoms with Gasteiger partial charge < -0.3 is 15.4 Å². The van der Waals surface area contributed by atoms with Crippen molar-refractivity contribution in [1.29, 1.82) is 0 Å². The number of hydrogen-bond donors (Lipinski definition) is 2. The van der Waals surface area contributed by atoms with E-state index in [4.69, 9.17) is 16.3 Å². The minimum Gasteiger partial charge on any atom is -0.497 e. The normalized spacial score (nSPS) is 12.8. The van der Waals surface area contributed by atoms with Gasteiger partial charge in [-0.15, -0.1) is 0 Å². The molecule has 2 amide bonds. The Labute approximate surface area is 158 Å². The smallest absolute Gasteiger partial charge is 0.222 e. The maximum atomic E-state index is 12.5. The van der Waals surface area contributed by atoms with Crippen LogP contribution in [-0.2, 0) is 9.59 Å². The van der Waals surface area contributed by atoms with Crippen molar-refractivity contribution in [2.45, 2.75) is 32.4 Å². The van der Waals surface area contributed by atoms with Crippen molar-refractivity contribution < 1.29 is 14.3 Å². The maximum absolute atomic E-state index is 12.5. The molecule has 0 heterocycles. The van der Waals surface area contributed by atoms with Gasteiger partial charge in [0.25, 0.3) is 0 Å². The van der Waals surface area contributed by atoms with E-state index in [1.54, 1.807) is 31.4 Å². The highest BCUT2D eigenvalue weighted by Crippen LogP contribution is 2.21. The molecular weight excluding hydrogens is 352 g/mol. The molecule has 0 bridgehead atoms. The Morgan fingerprint density at radius 2 is 1.58 bits per heavy atom. The number of benzene rings is 2. The molecule has 0 radical (unpaired) electrons. The van der Waals surface area contributed by atoms with Gasteiger partial charge in [0.15, 0.2) is 0 Å². The number of rotatable bonds is 7. The van der Waals surface area contributed by atoms with E-state index in [1.807, 2.05) is 31.2 Å². The van der Waals surface area contributed by atoms with Crippen LogP contribution in [0, 0.1) is 0 Å². The molecule has 0 spiro atoms. The fourth-order valence-electron chi connectivity index (χ4n) is 2.65. The van der Waals surface area contributed by atoms with Gasteiger partial charge in [0.2, 0.25) is 11.8 Å². The molecule has 2 atom stereocenters. The van der Waals surface area contributed by atoms with Crippen molar-refractivity contribution in [2.24, 2.45) is 0 Å². The van der Waals surface area contributed by atoms with Crippen LogP contribution < -0.4 is 15.4 Å². The number of carbonyl (C=O) groups is 2. The summed E-state index contributed by atoms with van der Waals surface area (Å²) in [6, 6.07) is 14.1. The first-order chi connectivity index (χ1) is 12.4. The van der Waals surface area contributed by atoms with Gasteiger partial charge >= 0.3 is 0 Å².